The summed E-state index contributed by atoms with van der Waals surface area (Å²) in [6, 6.07) is 3.84. The fourth-order valence-electron chi connectivity index (χ4n) is 2.91. The van der Waals surface area contributed by atoms with Crippen LogP contribution in [0.1, 0.15) is 53.1 Å². The molecule has 0 bridgehead atoms. The molecule has 0 aliphatic rings. The predicted molar refractivity (Wildman–Crippen MR) is 105 cm³/mol. The molecule has 2 amide bonds. The van der Waals surface area contributed by atoms with Gasteiger partial charge in [-0.25, -0.2) is 0 Å². The van der Waals surface area contributed by atoms with Crippen molar-refractivity contribution >= 4 is 23.2 Å². The lowest BCUT2D eigenvalue weighted by molar-refractivity contribution is -0.384. The molecule has 1 heterocycles. The second-order valence-corrected chi connectivity index (χ2v) is 6.34. The van der Waals surface area contributed by atoms with E-state index in [2.05, 4.69) is 5.32 Å². The SMILES string of the molecule is CCCOc1ccc([N+](=O)[O-])cc1C(=O)Nc1c(CCC)cn(C)c1C(N)=O. The molecular formula is C19H24N4O5. The molecule has 0 spiro atoms. The van der Waals surface area contributed by atoms with Gasteiger partial charge in [0.05, 0.1) is 22.8 Å². The van der Waals surface area contributed by atoms with E-state index >= 15 is 0 Å². The van der Waals surface area contributed by atoms with Gasteiger partial charge in [-0.1, -0.05) is 20.3 Å². The first kappa shape index (κ1) is 20.9. The number of ether oxygens (including phenoxy) is 1. The van der Waals surface area contributed by atoms with Gasteiger partial charge in [0, 0.05) is 25.4 Å². The number of nitro groups is 1. The number of amides is 2. The molecule has 0 fully saturated rings. The van der Waals surface area contributed by atoms with E-state index in [0.717, 1.165) is 18.1 Å². The molecule has 3 N–H and O–H groups in total. The first-order chi connectivity index (χ1) is 13.3. The highest BCUT2D eigenvalue weighted by atomic mass is 16.6. The number of nitro benzene ring substituents is 1. The summed E-state index contributed by atoms with van der Waals surface area (Å²) in [7, 11) is 1.66. The maximum absolute atomic E-state index is 12.9. The number of non-ortho nitro benzene ring substituents is 1. The Morgan fingerprint density at radius 1 is 1.29 bits per heavy atom. The lowest BCUT2D eigenvalue weighted by atomic mass is 10.1. The Kier molecular flexibility index (Phi) is 6.75. The van der Waals surface area contributed by atoms with E-state index in [9.17, 15) is 19.7 Å². The quantitative estimate of drug-likeness (QED) is 0.504. The fraction of sp³-hybridized carbons (Fsp3) is 0.368. The van der Waals surface area contributed by atoms with Gasteiger partial charge in [0.25, 0.3) is 17.5 Å². The van der Waals surface area contributed by atoms with Crippen LogP contribution in [0.25, 0.3) is 0 Å². The number of nitrogens with two attached hydrogens (primary N) is 1. The van der Waals surface area contributed by atoms with Crippen LogP contribution < -0.4 is 15.8 Å². The van der Waals surface area contributed by atoms with Crippen molar-refractivity contribution in [2.45, 2.75) is 33.1 Å². The summed E-state index contributed by atoms with van der Waals surface area (Å²) in [5, 5.41) is 13.8. The third-order valence-electron chi connectivity index (χ3n) is 4.13. The van der Waals surface area contributed by atoms with Crippen LogP contribution in [-0.4, -0.2) is 27.9 Å². The van der Waals surface area contributed by atoms with Gasteiger partial charge in [-0.3, -0.25) is 19.7 Å². The van der Waals surface area contributed by atoms with Crippen molar-refractivity contribution in [2.24, 2.45) is 12.8 Å². The van der Waals surface area contributed by atoms with Crippen molar-refractivity contribution in [1.82, 2.24) is 4.57 Å². The molecular weight excluding hydrogens is 364 g/mol. The molecule has 28 heavy (non-hydrogen) atoms. The summed E-state index contributed by atoms with van der Waals surface area (Å²) in [4.78, 5) is 35.3. The maximum Gasteiger partial charge on any atom is 0.270 e. The fourth-order valence-corrected chi connectivity index (χ4v) is 2.91. The summed E-state index contributed by atoms with van der Waals surface area (Å²) in [5.74, 6) is -1.05. The van der Waals surface area contributed by atoms with E-state index in [0.29, 0.717) is 25.1 Å². The number of aryl methyl sites for hydroxylation is 2. The standard InChI is InChI=1S/C19H24N4O5/c1-4-6-12-11-22(3)17(18(20)24)16(12)21-19(25)14-10-13(23(26)27)7-8-15(14)28-9-5-2/h7-8,10-11H,4-6,9H2,1-3H3,(H2,20,24)(H,21,25). The highest BCUT2D eigenvalue weighted by molar-refractivity contribution is 6.10. The summed E-state index contributed by atoms with van der Waals surface area (Å²) in [6.07, 6.45) is 3.88. The second-order valence-electron chi connectivity index (χ2n) is 6.34. The van der Waals surface area contributed by atoms with Crippen LogP contribution in [0, 0.1) is 10.1 Å². The number of carbonyl (C=O) groups is 2. The van der Waals surface area contributed by atoms with Crippen molar-refractivity contribution in [3.8, 4) is 5.75 Å². The highest BCUT2D eigenvalue weighted by Gasteiger charge is 2.23. The van der Waals surface area contributed by atoms with Crippen LogP contribution in [0.5, 0.6) is 5.75 Å². The molecule has 1 aromatic heterocycles. The van der Waals surface area contributed by atoms with Crippen molar-refractivity contribution in [3.63, 3.8) is 0 Å². The van der Waals surface area contributed by atoms with Gasteiger partial charge < -0.3 is 20.4 Å². The summed E-state index contributed by atoms with van der Waals surface area (Å²) < 4.78 is 7.12. The molecule has 0 aliphatic heterocycles. The lowest BCUT2D eigenvalue weighted by Crippen LogP contribution is -2.21. The Labute approximate surface area is 162 Å². The zero-order valence-corrected chi connectivity index (χ0v) is 16.2. The number of anilines is 1. The average molecular weight is 388 g/mol. The van der Waals surface area contributed by atoms with Crippen molar-refractivity contribution < 1.29 is 19.2 Å². The number of hydrogen-bond donors (Lipinski definition) is 2. The minimum Gasteiger partial charge on any atom is -0.493 e. The Morgan fingerprint density at radius 2 is 2.00 bits per heavy atom. The largest absolute Gasteiger partial charge is 0.493 e. The molecule has 0 radical (unpaired) electrons. The summed E-state index contributed by atoms with van der Waals surface area (Å²) >= 11 is 0. The lowest BCUT2D eigenvalue weighted by Gasteiger charge is -2.13. The maximum atomic E-state index is 12.9. The number of nitrogens with zero attached hydrogens (tertiary/aromatic N) is 2. The van der Waals surface area contributed by atoms with Gasteiger partial charge in [-0.15, -0.1) is 0 Å². The van der Waals surface area contributed by atoms with Gasteiger partial charge in [-0.2, -0.15) is 0 Å². The smallest absolute Gasteiger partial charge is 0.270 e. The third-order valence-corrected chi connectivity index (χ3v) is 4.13. The van der Waals surface area contributed by atoms with Crippen molar-refractivity contribution in [3.05, 3.63) is 51.3 Å². The summed E-state index contributed by atoms with van der Waals surface area (Å²) in [5.41, 5.74) is 6.50. The molecule has 1 aromatic carbocycles. The van der Waals surface area contributed by atoms with Crippen LogP contribution in [0.3, 0.4) is 0 Å². The van der Waals surface area contributed by atoms with E-state index in [1.54, 1.807) is 17.8 Å². The van der Waals surface area contributed by atoms with Crippen LogP contribution >= 0.6 is 0 Å². The Hall–Kier alpha value is -3.36. The molecule has 0 saturated carbocycles. The van der Waals surface area contributed by atoms with Gasteiger partial charge in [0.1, 0.15) is 11.4 Å². The van der Waals surface area contributed by atoms with Gasteiger partial charge in [0.15, 0.2) is 0 Å². The third kappa shape index (κ3) is 4.48. The number of primary amides is 1. The van der Waals surface area contributed by atoms with Gasteiger partial charge >= 0.3 is 0 Å². The Morgan fingerprint density at radius 3 is 2.57 bits per heavy atom. The molecule has 0 aliphatic carbocycles. The van der Waals surface area contributed by atoms with Gasteiger partial charge in [0.2, 0.25) is 0 Å². The van der Waals surface area contributed by atoms with E-state index in [1.165, 1.54) is 12.1 Å². The highest BCUT2D eigenvalue weighted by Crippen LogP contribution is 2.29. The number of nitrogens with one attached hydrogen (secondary N) is 1. The molecule has 2 aromatic rings. The monoisotopic (exact) mass is 388 g/mol. The van der Waals surface area contributed by atoms with Crippen LogP contribution in [-0.2, 0) is 13.5 Å². The normalized spacial score (nSPS) is 10.5. The van der Waals surface area contributed by atoms with E-state index < -0.39 is 16.7 Å². The molecule has 9 nitrogen and oxygen atoms in total. The number of benzene rings is 1. The Bertz CT molecular complexity index is 904. The number of hydrogen-bond acceptors (Lipinski definition) is 5. The van der Waals surface area contributed by atoms with E-state index in [1.807, 2.05) is 13.8 Å². The van der Waals surface area contributed by atoms with Gasteiger partial charge in [-0.05, 0) is 24.5 Å². The minimum absolute atomic E-state index is 0.0179. The molecule has 0 atom stereocenters. The first-order valence-corrected chi connectivity index (χ1v) is 9.00. The predicted octanol–water partition coefficient (Wildman–Crippen LogP) is 3.03. The Balaban J connectivity index is 2.48. The topological polar surface area (TPSA) is 129 Å². The van der Waals surface area contributed by atoms with Crippen LogP contribution in [0.2, 0.25) is 0 Å². The van der Waals surface area contributed by atoms with Crippen LogP contribution in [0.15, 0.2) is 24.4 Å². The molecule has 0 unspecified atom stereocenters. The number of rotatable bonds is 9. The minimum atomic E-state index is -0.679. The first-order valence-electron chi connectivity index (χ1n) is 9.00. The molecule has 9 heteroatoms. The summed E-state index contributed by atoms with van der Waals surface area (Å²) in [6.45, 7) is 4.24. The number of carbonyl (C=O) groups excluding carboxylic acids is 2. The zero-order chi connectivity index (χ0) is 20.8. The zero-order valence-electron chi connectivity index (χ0n) is 16.2. The number of aromatic nitrogens is 1. The van der Waals surface area contributed by atoms with Crippen molar-refractivity contribution in [1.29, 1.82) is 0 Å². The molecule has 150 valence electrons. The average Bonchev–Trinajstić information content (AvgIpc) is 2.95. The van der Waals surface area contributed by atoms with Crippen molar-refractivity contribution in [2.75, 3.05) is 11.9 Å². The second kappa shape index (κ2) is 9.03. The van der Waals surface area contributed by atoms with Crippen LogP contribution in [0.4, 0.5) is 11.4 Å². The van der Waals surface area contributed by atoms with E-state index in [4.69, 9.17) is 10.5 Å². The molecule has 2 rings (SSSR count). The molecule has 0 saturated heterocycles. The van der Waals surface area contributed by atoms with E-state index in [-0.39, 0.29) is 22.7 Å².